The molecule has 13 heavy (non-hydrogen) atoms. The topological polar surface area (TPSA) is 0 Å². The molecule has 0 saturated heterocycles. The Hall–Kier alpha value is 0. The van der Waals surface area contributed by atoms with Gasteiger partial charge in [-0.25, -0.2) is 0 Å². The van der Waals surface area contributed by atoms with Crippen LogP contribution in [0.4, 0.5) is 0 Å². The van der Waals surface area contributed by atoms with Crippen LogP contribution in [0.3, 0.4) is 0 Å². The molecule has 0 nitrogen and oxygen atoms in total. The average Bonchev–Trinajstić information content (AvgIpc) is 2.10. The standard InChI is InChI=1S/C13H26/c1-6-8-9-11-10(3)13(4,5)12(11)7-2/h10-12H,6-9H2,1-5H3. The Morgan fingerprint density at radius 2 is 1.77 bits per heavy atom. The van der Waals surface area contributed by atoms with Crippen LogP contribution in [-0.2, 0) is 0 Å². The lowest BCUT2D eigenvalue weighted by atomic mass is 9.47. The normalized spacial score (nSPS) is 37.2. The van der Waals surface area contributed by atoms with Crippen molar-refractivity contribution in [2.45, 2.75) is 60.3 Å². The first-order valence-corrected chi connectivity index (χ1v) is 6.05. The first-order valence-electron chi connectivity index (χ1n) is 6.05. The summed E-state index contributed by atoms with van der Waals surface area (Å²) >= 11 is 0. The molecule has 0 spiro atoms. The van der Waals surface area contributed by atoms with Crippen LogP contribution >= 0.6 is 0 Å². The molecule has 0 amide bonds. The molecule has 3 unspecified atom stereocenters. The van der Waals surface area contributed by atoms with Crippen molar-refractivity contribution in [3.05, 3.63) is 0 Å². The van der Waals surface area contributed by atoms with E-state index < -0.39 is 0 Å². The second kappa shape index (κ2) is 4.02. The molecule has 0 heteroatoms. The minimum absolute atomic E-state index is 0.618. The van der Waals surface area contributed by atoms with Gasteiger partial charge in [0.1, 0.15) is 0 Å². The fourth-order valence-electron chi connectivity index (χ4n) is 3.39. The maximum Gasteiger partial charge on any atom is -0.0295 e. The maximum absolute atomic E-state index is 2.45. The number of rotatable bonds is 4. The van der Waals surface area contributed by atoms with Gasteiger partial charge in [0, 0.05) is 0 Å². The summed E-state index contributed by atoms with van der Waals surface area (Å²) in [4.78, 5) is 0. The van der Waals surface area contributed by atoms with Crippen molar-refractivity contribution in [1.29, 1.82) is 0 Å². The number of hydrogen-bond acceptors (Lipinski definition) is 0. The molecular formula is C13H26. The molecule has 1 fully saturated rings. The van der Waals surface area contributed by atoms with Crippen LogP contribution in [0.2, 0.25) is 0 Å². The first-order chi connectivity index (χ1) is 6.05. The molecule has 1 aliphatic rings. The molecule has 3 atom stereocenters. The van der Waals surface area contributed by atoms with E-state index in [2.05, 4.69) is 34.6 Å². The van der Waals surface area contributed by atoms with Crippen molar-refractivity contribution in [2.75, 3.05) is 0 Å². The average molecular weight is 182 g/mol. The monoisotopic (exact) mass is 182 g/mol. The lowest BCUT2D eigenvalue weighted by Crippen LogP contribution is -2.51. The van der Waals surface area contributed by atoms with E-state index in [-0.39, 0.29) is 0 Å². The summed E-state index contributed by atoms with van der Waals surface area (Å²) < 4.78 is 0. The summed E-state index contributed by atoms with van der Waals surface area (Å²) in [6.07, 6.45) is 5.65. The third-order valence-corrected chi connectivity index (χ3v) is 4.62. The Morgan fingerprint density at radius 1 is 1.15 bits per heavy atom. The minimum atomic E-state index is 0.618. The van der Waals surface area contributed by atoms with E-state index in [9.17, 15) is 0 Å². The molecule has 1 saturated carbocycles. The lowest BCUT2D eigenvalue weighted by Gasteiger charge is -2.58. The highest BCUT2D eigenvalue weighted by Crippen LogP contribution is 2.58. The fourth-order valence-corrected chi connectivity index (χ4v) is 3.39. The quantitative estimate of drug-likeness (QED) is 0.600. The molecule has 0 heterocycles. The molecule has 78 valence electrons. The van der Waals surface area contributed by atoms with E-state index in [1.807, 2.05) is 0 Å². The van der Waals surface area contributed by atoms with Crippen molar-refractivity contribution in [2.24, 2.45) is 23.2 Å². The Bertz CT molecular complexity index is 157. The van der Waals surface area contributed by atoms with Gasteiger partial charge in [-0.15, -0.1) is 0 Å². The van der Waals surface area contributed by atoms with Gasteiger partial charge in [0.15, 0.2) is 0 Å². The Balaban J connectivity index is 2.48. The lowest BCUT2D eigenvalue weighted by molar-refractivity contribution is -0.0934. The van der Waals surface area contributed by atoms with Crippen molar-refractivity contribution in [3.8, 4) is 0 Å². The zero-order valence-electron chi connectivity index (χ0n) is 10.1. The highest BCUT2D eigenvalue weighted by Gasteiger charge is 2.51. The smallest absolute Gasteiger partial charge is 0.0295 e. The van der Waals surface area contributed by atoms with Crippen LogP contribution in [0.25, 0.3) is 0 Å². The zero-order chi connectivity index (χ0) is 10.1. The van der Waals surface area contributed by atoms with Crippen molar-refractivity contribution < 1.29 is 0 Å². The first kappa shape index (κ1) is 11.1. The van der Waals surface area contributed by atoms with Gasteiger partial charge >= 0.3 is 0 Å². The molecule has 0 aromatic rings. The molecule has 0 bridgehead atoms. The summed E-state index contributed by atoms with van der Waals surface area (Å²) in [5.74, 6) is 2.97. The number of unbranched alkanes of at least 4 members (excludes halogenated alkanes) is 1. The van der Waals surface area contributed by atoms with Crippen LogP contribution in [0.1, 0.15) is 60.3 Å². The minimum Gasteiger partial charge on any atom is -0.0654 e. The summed E-state index contributed by atoms with van der Waals surface area (Å²) in [5.41, 5.74) is 0.618. The van der Waals surface area contributed by atoms with Crippen molar-refractivity contribution >= 4 is 0 Å². The SMILES string of the molecule is CCCCC1C(C)C(C)(C)C1CC. The largest absolute Gasteiger partial charge is 0.0654 e. The molecule has 0 N–H and O–H groups in total. The molecule has 0 aromatic heterocycles. The van der Waals surface area contributed by atoms with Gasteiger partial charge in [-0.3, -0.25) is 0 Å². The van der Waals surface area contributed by atoms with Crippen molar-refractivity contribution in [3.63, 3.8) is 0 Å². The van der Waals surface area contributed by atoms with Gasteiger partial charge in [-0.1, -0.05) is 53.9 Å². The van der Waals surface area contributed by atoms with Crippen LogP contribution in [-0.4, -0.2) is 0 Å². The Labute approximate surface area is 84.1 Å². The Kier molecular flexibility index (Phi) is 3.43. The number of hydrogen-bond donors (Lipinski definition) is 0. The molecule has 0 radical (unpaired) electrons. The van der Waals surface area contributed by atoms with Gasteiger partial charge < -0.3 is 0 Å². The molecule has 1 aliphatic carbocycles. The van der Waals surface area contributed by atoms with Crippen LogP contribution in [0.5, 0.6) is 0 Å². The van der Waals surface area contributed by atoms with Gasteiger partial charge in [-0.05, 0) is 29.6 Å². The second-order valence-corrected chi connectivity index (χ2v) is 5.43. The summed E-state index contributed by atoms with van der Waals surface area (Å²) in [5, 5.41) is 0. The van der Waals surface area contributed by atoms with E-state index in [0.717, 1.165) is 17.8 Å². The van der Waals surface area contributed by atoms with Gasteiger partial charge in [0.05, 0.1) is 0 Å². The van der Waals surface area contributed by atoms with Crippen molar-refractivity contribution in [1.82, 2.24) is 0 Å². The van der Waals surface area contributed by atoms with E-state index in [0.29, 0.717) is 5.41 Å². The maximum atomic E-state index is 2.45. The molecule has 0 aliphatic heterocycles. The van der Waals surface area contributed by atoms with Crippen LogP contribution in [0, 0.1) is 23.2 Å². The molecular weight excluding hydrogens is 156 g/mol. The van der Waals surface area contributed by atoms with Gasteiger partial charge in [-0.2, -0.15) is 0 Å². The summed E-state index contributed by atoms with van der Waals surface area (Å²) in [6, 6.07) is 0. The van der Waals surface area contributed by atoms with E-state index in [1.54, 1.807) is 0 Å². The van der Waals surface area contributed by atoms with E-state index in [4.69, 9.17) is 0 Å². The summed E-state index contributed by atoms with van der Waals surface area (Å²) in [7, 11) is 0. The predicted molar refractivity (Wildman–Crippen MR) is 59.7 cm³/mol. The Morgan fingerprint density at radius 3 is 2.23 bits per heavy atom. The second-order valence-electron chi connectivity index (χ2n) is 5.43. The highest BCUT2D eigenvalue weighted by molar-refractivity contribution is 5.00. The molecule has 0 aromatic carbocycles. The molecule has 1 rings (SSSR count). The van der Waals surface area contributed by atoms with E-state index >= 15 is 0 Å². The van der Waals surface area contributed by atoms with Gasteiger partial charge in [0.25, 0.3) is 0 Å². The van der Waals surface area contributed by atoms with E-state index in [1.165, 1.54) is 25.7 Å². The van der Waals surface area contributed by atoms with Gasteiger partial charge in [0.2, 0.25) is 0 Å². The highest BCUT2D eigenvalue weighted by atomic mass is 14.6. The fraction of sp³-hybridized carbons (Fsp3) is 1.00. The van der Waals surface area contributed by atoms with Crippen LogP contribution < -0.4 is 0 Å². The summed E-state index contributed by atoms with van der Waals surface area (Å²) in [6.45, 7) is 12.0. The van der Waals surface area contributed by atoms with Crippen LogP contribution in [0.15, 0.2) is 0 Å². The zero-order valence-corrected chi connectivity index (χ0v) is 10.1. The predicted octanol–water partition coefficient (Wildman–Crippen LogP) is 4.49. The third kappa shape index (κ3) is 1.78. The third-order valence-electron chi connectivity index (χ3n) is 4.62.